The Morgan fingerprint density at radius 3 is 2.32 bits per heavy atom. The Hall–Kier alpha value is -4.06. The Morgan fingerprint density at radius 1 is 1.02 bits per heavy atom. The van der Waals surface area contributed by atoms with Crippen molar-refractivity contribution in [2.75, 3.05) is 14.2 Å². The summed E-state index contributed by atoms with van der Waals surface area (Å²) in [5.41, 5.74) is 3.34. The minimum Gasteiger partial charge on any atom is -0.496 e. The molecule has 0 aliphatic heterocycles. The summed E-state index contributed by atoms with van der Waals surface area (Å²) in [6.07, 6.45) is 1.74. The van der Waals surface area contributed by atoms with Crippen LogP contribution in [-0.4, -0.2) is 53.1 Å². The van der Waals surface area contributed by atoms with Gasteiger partial charge in [0.15, 0.2) is 0 Å². The Morgan fingerprint density at radius 2 is 1.68 bits per heavy atom. The molecule has 9 heteroatoms. The Kier molecular flexibility index (Phi) is 8.48. The first-order valence-electron chi connectivity index (χ1n) is 13.4. The number of ether oxygens (including phenoxy) is 1. The molecule has 3 aromatic carbocycles. The first-order chi connectivity index (χ1) is 19.8. The largest absolute Gasteiger partial charge is 0.496 e. The van der Waals surface area contributed by atoms with Crippen LogP contribution in [0.4, 0.5) is 4.79 Å². The number of methoxy groups -OCH3 is 1. The van der Waals surface area contributed by atoms with E-state index in [9.17, 15) is 20.0 Å². The first kappa shape index (κ1) is 28.5. The molecule has 1 aliphatic rings. The van der Waals surface area contributed by atoms with E-state index in [0.717, 1.165) is 26.8 Å². The van der Waals surface area contributed by atoms with Crippen LogP contribution in [-0.2, 0) is 6.54 Å². The van der Waals surface area contributed by atoms with E-state index in [1.54, 1.807) is 26.3 Å². The number of hydrogen-bond acceptors (Lipinski definition) is 5. The van der Waals surface area contributed by atoms with Gasteiger partial charge >= 0.3 is 6.09 Å². The van der Waals surface area contributed by atoms with Crippen molar-refractivity contribution >= 4 is 45.0 Å². The van der Waals surface area contributed by atoms with E-state index >= 15 is 0 Å². The number of halogens is 1. The predicted octanol–water partition coefficient (Wildman–Crippen LogP) is 7.67. The Bertz CT molecular complexity index is 1620. The van der Waals surface area contributed by atoms with Gasteiger partial charge in [-0.15, -0.1) is 11.3 Å². The number of rotatable bonds is 7. The van der Waals surface area contributed by atoms with Crippen molar-refractivity contribution in [3.05, 3.63) is 87.8 Å². The standard InChI is InChI=1S/C32H30ClN3O4S/c1-35(32(38)39)24-12-14-25(15-13-24)36(31(37)30-29(33)26-5-3-4-6-28(26)41-30)19-23-17-22(11-16-27(23)40-2)21-9-7-20(18-34)8-10-21/h3-11,16-17,24-25H,12-15,19H2,1-2H3,(H,38,39). The highest BCUT2D eigenvalue weighted by molar-refractivity contribution is 7.21. The minimum absolute atomic E-state index is 0.0807. The van der Waals surface area contributed by atoms with Crippen LogP contribution in [0.5, 0.6) is 5.75 Å². The molecule has 4 aromatic rings. The predicted molar refractivity (Wildman–Crippen MR) is 162 cm³/mol. The van der Waals surface area contributed by atoms with Crippen molar-refractivity contribution in [3.8, 4) is 22.9 Å². The minimum atomic E-state index is -0.942. The van der Waals surface area contributed by atoms with Crippen LogP contribution in [0.15, 0.2) is 66.7 Å². The van der Waals surface area contributed by atoms with Gasteiger partial charge in [0.1, 0.15) is 10.6 Å². The molecule has 0 bridgehead atoms. The number of thiophene rings is 1. The summed E-state index contributed by atoms with van der Waals surface area (Å²) in [5.74, 6) is 0.527. The van der Waals surface area contributed by atoms with Crippen molar-refractivity contribution in [3.63, 3.8) is 0 Å². The average molecular weight is 588 g/mol. The summed E-state index contributed by atoms with van der Waals surface area (Å²) in [6, 6.07) is 23.0. The summed E-state index contributed by atoms with van der Waals surface area (Å²) in [6.45, 7) is 0.306. The second-order valence-corrected chi connectivity index (χ2v) is 11.7. The lowest BCUT2D eigenvalue weighted by Gasteiger charge is -2.39. The van der Waals surface area contributed by atoms with Crippen LogP contribution in [0.2, 0.25) is 5.02 Å². The molecular weight excluding hydrogens is 558 g/mol. The third-order valence-corrected chi connectivity index (χ3v) is 9.58. The van der Waals surface area contributed by atoms with Gasteiger partial charge in [-0.25, -0.2) is 4.79 Å². The number of benzene rings is 3. The summed E-state index contributed by atoms with van der Waals surface area (Å²) in [7, 11) is 3.22. The molecule has 1 N–H and O–H groups in total. The van der Waals surface area contributed by atoms with Gasteiger partial charge < -0.3 is 19.6 Å². The summed E-state index contributed by atoms with van der Waals surface area (Å²) in [4.78, 5) is 29.6. The zero-order valence-corrected chi connectivity index (χ0v) is 24.4. The Balaban J connectivity index is 1.50. The number of fused-ring (bicyclic) bond motifs is 1. The molecule has 41 heavy (non-hydrogen) atoms. The summed E-state index contributed by atoms with van der Waals surface area (Å²) in [5, 5.41) is 20.0. The maximum Gasteiger partial charge on any atom is 0.407 e. The fraction of sp³-hybridized carbons (Fsp3) is 0.281. The highest BCUT2D eigenvalue weighted by atomic mass is 35.5. The molecule has 0 unspecified atom stereocenters. The molecule has 0 spiro atoms. The van der Waals surface area contributed by atoms with Gasteiger partial charge in [-0.3, -0.25) is 4.79 Å². The van der Waals surface area contributed by atoms with Crippen LogP contribution >= 0.6 is 22.9 Å². The van der Waals surface area contributed by atoms with Crippen molar-refractivity contribution in [1.82, 2.24) is 9.80 Å². The third-order valence-electron chi connectivity index (χ3n) is 7.91. The van der Waals surface area contributed by atoms with Gasteiger partial charge in [-0.2, -0.15) is 5.26 Å². The van der Waals surface area contributed by atoms with E-state index < -0.39 is 6.09 Å². The molecule has 0 atom stereocenters. The van der Waals surface area contributed by atoms with Gasteiger partial charge in [-0.05, 0) is 67.1 Å². The second kappa shape index (κ2) is 12.2. The molecule has 7 nitrogen and oxygen atoms in total. The fourth-order valence-electron chi connectivity index (χ4n) is 5.56. The van der Waals surface area contributed by atoms with Crippen molar-refractivity contribution in [1.29, 1.82) is 5.26 Å². The second-order valence-electron chi connectivity index (χ2n) is 10.2. The first-order valence-corrected chi connectivity index (χ1v) is 14.6. The van der Waals surface area contributed by atoms with Gasteiger partial charge in [0.2, 0.25) is 0 Å². The van der Waals surface area contributed by atoms with Gasteiger partial charge in [0.25, 0.3) is 5.91 Å². The number of hydrogen-bond donors (Lipinski definition) is 1. The topological polar surface area (TPSA) is 93.9 Å². The molecule has 1 saturated carbocycles. The third kappa shape index (κ3) is 5.88. The SMILES string of the molecule is COc1ccc(-c2ccc(C#N)cc2)cc1CN(C(=O)c1sc2ccccc2c1Cl)C1CCC(N(C)C(=O)O)CC1. The van der Waals surface area contributed by atoms with E-state index in [2.05, 4.69) is 6.07 Å². The summed E-state index contributed by atoms with van der Waals surface area (Å²) < 4.78 is 6.67. The van der Waals surface area contributed by atoms with Gasteiger partial charge in [0.05, 0.1) is 23.8 Å². The summed E-state index contributed by atoms with van der Waals surface area (Å²) >= 11 is 8.16. The molecule has 0 saturated heterocycles. The van der Waals surface area contributed by atoms with Crippen LogP contribution in [0.1, 0.15) is 46.5 Å². The molecule has 5 rings (SSSR count). The molecule has 1 aromatic heterocycles. The van der Waals surface area contributed by atoms with Crippen LogP contribution in [0.25, 0.3) is 21.2 Å². The lowest BCUT2D eigenvalue weighted by Crippen LogP contribution is -2.46. The normalized spacial score (nSPS) is 16.6. The molecule has 2 amide bonds. The number of nitriles is 1. The van der Waals surface area contributed by atoms with E-state index in [1.807, 2.05) is 59.5 Å². The van der Waals surface area contributed by atoms with E-state index in [-0.39, 0.29) is 18.0 Å². The highest BCUT2D eigenvalue weighted by Gasteiger charge is 2.34. The molecule has 1 aliphatic carbocycles. The van der Waals surface area contributed by atoms with Crippen LogP contribution in [0, 0.1) is 11.3 Å². The maximum atomic E-state index is 14.3. The number of amides is 2. The van der Waals surface area contributed by atoms with Gasteiger partial charge in [0, 0.05) is 41.3 Å². The molecule has 0 radical (unpaired) electrons. The Labute approximate surface area is 248 Å². The number of nitrogens with zero attached hydrogens (tertiary/aromatic N) is 3. The van der Waals surface area contributed by atoms with Crippen LogP contribution < -0.4 is 4.74 Å². The lowest BCUT2D eigenvalue weighted by atomic mass is 9.89. The number of carbonyl (C=O) groups is 2. The monoisotopic (exact) mass is 587 g/mol. The van der Waals surface area contributed by atoms with Gasteiger partial charge in [-0.1, -0.05) is 48.0 Å². The van der Waals surface area contributed by atoms with Crippen molar-refractivity contribution < 1.29 is 19.4 Å². The highest BCUT2D eigenvalue weighted by Crippen LogP contribution is 2.38. The molecule has 1 heterocycles. The van der Waals surface area contributed by atoms with Crippen LogP contribution in [0.3, 0.4) is 0 Å². The zero-order valence-electron chi connectivity index (χ0n) is 22.8. The molecular formula is C32H30ClN3O4S. The molecule has 210 valence electrons. The van der Waals surface area contributed by atoms with Crippen molar-refractivity contribution in [2.45, 2.75) is 44.3 Å². The molecule has 1 fully saturated rings. The smallest absolute Gasteiger partial charge is 0.407 e. The lowest BCUT2D eigenvalue weighted by molar-refractivity contribution is 0.0555. The average Bonchev–Trinajstić information content (AvgIpc) is 3.35. The quantitative estimate of drug-likeness (QED) is 0.239. The van der Waals surface area contributed by atoms with E-state index in [4.69, 9.17) is 16.3 Å². The van der Waals surface area contributed by atoms with Crippen molar-refractivity contribution in [2.24, 2.45) is 0 Å². The van der Waals surface area contributed by atoms with E-state index in [0.29, 0.717) is 53.4 Å². The number of carbonyl (C=O) groups excluding carboxylic acids is 1. The maximum absolute atomic E-state index is 14.3. The number of carboxylic acid groups (broad SMARTS) is 1. The van der Waals surface area contributed by atoms with E-state index in [1.165, 1.54) is 16.2 Å². The fourth-order valence-corrected chi connectivity index (χ4v) is 7.03. The zero-order chi connectivity index (χ0) is 29.1.